The zero-order chi connectivity index (χ0) is 26.3. The molecule has 3 aromatic rings. The first-order valence-corrected chi connectivity index (χ1v) is 12.9. The third kappa shape index (κ3) is 3.65. The van der Waals surface area contributed by atoms with E-state index in [1.54, 1.807) is 28.4 Å². The number of aryl methyl sites for hydroxylation is 1. The minimum atomic E-state index is -0.299. The van der Waals surface area contributed by atoms with E-state index in [0.717, 1.165) is 54.1 Å². The Morgan fingerprint density at radius 3 is 2.34 bits per heavy atom. The largest absolute Gasteiger partial charge is 0.499 e. The normalized spacial score (nSPS) is 21.2. The van der Waals surface area contributed by atoms with Crippen LogP contribution in [0.5, 0.6) is 17.5 Å². The van der Waals surface area contributed by atoms with Crippen molar-refractivity contribution in [1.29, 1.82) is 0 Å². The van der Waals surface area contributed by atoms with Crippen LogP contribution in [0.3, 0.4) is 0 Å². The summed E-state index contributed by atoms with van der Waals surface area (Å²) in [5.74, 6) is 9.28. The molecule has 2 heterocycles. The average Bonchev–Trinajstić information content (AvgIpc) is 3.46. The fraction of sp³-hybridized carbons (Fsp3) is 0.312. The first-order chi connectivity index (χ1) is 18.6. The lowest BCUT2D eigenvalue weighted by molar-refractivity contribution is 0.263. The van der Waals surface area contributed by atoms with E-state index in [9.17, 15) is 0 Å². The van der Waals surface area contributed by atoms with Gasteiger partial charge in [-0.15, -0.1) is 0 Å². The molecule has 6 nitrogen and oxygen atoms in total. The lowest BCUT2D eigenvalue weighted by atomic mass is 9.73. The Kier molecular flexibility index (Phi) is 6.07. The number of aromatic nitrogens is 2. The molecule has 38 heavy (non-hydrogen) atoms. The number of pyridine rings is 2. The van der Waals surface area contributed by atoms with Crippen LogP contribution in [0.1, 0.15) is 42.0 Å². The van der Waals surface area contributed by atoms with Crippen molar-refractivity contribution in [3.8, 4) is 40.6 Å². The van der Waals surface area contributed by atoms with Crippen LogP contribution in [-0.2, 0) is 16.6 Å². The lowest BCUT2D eigenvalue weighted by Crippen LogP contribution is -2.25. The van der Waals surface area contributed by atoms with Crippen molar-refractivity contribution in [3.05, 3.63) is 88.3 Å². The highest BCUT2D eigenvalue weighted by atomic mass is 16.5. The van der Waals surface area contributed by atoms with E-state index < -0.39 is 0 Å². The molecular formula is C32H30N2O4. The monoisotopic (exact) mass is 506 g/mol. The molecule has 6 heteroatoms. The number of hydrogen-bond donors (Lipinski definition) is 0. The minimum Gasteiger partial charge on any atom is -0.499 e. The van der Waals surface area contributed by atoms with Crippen molar-refractivity contribution in [2.45, 2.75) is 37.0 Å². The Morgan fingerprint density at radius 1 is 0.816 bits per heavy atom. The second kappa shape index (κ2) is 9.57. The van der Waals surface area contributed by atoms with Crippen LogP contribution in [0.4, 0.5) is 0 Å². The summed E-state index contributed by atoms with van der Waals surface area (Å²) in [7, 11) is 6.76. The van der Waals surface area contributed by atoms with Crippen molar-refractivity contribution >= 4 is 0 Å². The van der Waals surface area contributed by atoms with Gasteiger partial charge in [-0.3, -0.25) is 0 Å². The maximum atomic E-state index is 6.23. The van der Waals surface area contributed by atoms with Crippen LogP contribution in [0, 0.1) is 11.8 Å². The van der Waals surface area contributed by atoms with Crippen molar-refractivity contribution in [1.82, 2.24) is 9.97 Å². The molecule has 2 aromatic heterocycles. The molecule has 192 valence electrons. The van der Waals surface area contributed by atoms with Crippen LogP contribution < -0.4 is 14.2 Å². The van der Waals surface area contributed by atoms with Crippen LogP contribution in [0.15, 0.2) is 71.5 Å². The number of nitrogens with zero attached hydrogens (tertiary/aromatic N) is 2. The van der Waals surface area contributed by atoms with Gasteiger partial charge in [-0.25, -0.2) is 9.97 Å². The molecule has 0 saturated heterocycles. The Bertz CT molecular complexity index is 1540. The second-order valence-corrected chi connectivity index (χ2v) is 9.77. The lowest BCUT2D eigenvalue weighted by Gasteiger charge is -2.32. The maximum absolute atomic E-state index is 6.23. The third-order valence-corrected chi connectivity index (χ3v) is 8.03. The molecule has 0 N–H and O–H groups in total. The Morgan fingerprint density at radius 2 is 1.58 bits per heavy atom. The molecule has 0 aliphatic heterocycles. The van der Waals surface area contributed by atoms with Crippen LogP contribution >= 0.6 is 0 Å². The summed E-state index contributed by atoms with van der Waals surface area (Å²) < 4.78 is 23.3. The zero-order valence-electron chi connectivity index (χ0n) is 22.1. The van der Waals surface area contributed by atoms with Gasteiger partial charge in [0.1, 0.15) is 17.4 Å². The van der Waals surface area contributed by atoms with E-state index in [1.165, 1.54) is 22.3 Å². The predicted molar refractivity (Wildman–Crippen MR) is 145 cm³/mol. The molecule has 1 spiro atoms. The molecule has 1 fully saturated rings. The smallest absolute Gasteiger partial charge is 0.213 e. The summed E-state index contributed by atoms with van der Waals surface area (Å²) in [6.45, 7) is 0. The molecule has 0 bridgehead atoms. The molecule has 3 aliphatic rings. The molecule has 0 radical (unpaired) electrons. The molecular weight excluding hydrogens is 476 g/mol. The van der Waals surface area contributed by atoms with Crippen LogP contribution in [0.2, 0.25) is 0 Å². The average molecular weight is 507 g/mol. The molecule has 3 aliphatic carbocycles. The van der Waals surface area contributed by atoms with E-state index >= 15 is 0 Å². The van der Waals surface area contributed by atoms with Crippen molar-refractivity contribution < 1.29 is 18.9 Å². The number of benzene rings is 1. The number of rotatable bonds is 6. The Labute approximate surface area is 223 Å². The van der Waals surface area contributed by atoms with Gasteiger partial charge in [-0.05, 0) is 61.1 Å². The SMILES string of the molecule is COC1=C2C(=CC#C[C@H]1c1cccc(OC)n1)CCC21CCc2ccc(-c3cccc(OC)n3)c(OC)c21. The number of fused-ring (bicyclic) bond motifs is 4. The number of hydrogen-bond acceptors (Lipinski definition) is 6. The van der Waals surface area contributed by atoms with E-state index in [0.29, 0.717) is 11.8 Å². The fourth-order valence-corrected chi connectivity index (χ4v) is 6.42. The fourth-order valence-electron chi connectivity index (χ4n) is 6.42. The maximum Gasteiger partial charge on any atom is 0.213 e. The summed E-state index contributed by atoms with van der Waals surface area (Å²) >= 11 is 0. The van der Waals surface area contributed by atoms with E-state index in [-0.39, 0.29) is 11.3 Å². The van der Waals surface area contributed by atoms with Gasteiger partial charge in [0, 0.05) is 34.2 Å². The number of allylic oxidation sites excluding steroid dienone is 4. The summed E-state index contributed by atoms with van der Waals surface area (Å²) in [4.78, 5) is 9.44. The summed E-state index contributed by atoms with van der Waals surface area (Å²) in [5, 5.41) is 0. The molecule has 1 unspecified atom stereocenters. The standard InChI is InChI=1S/C32H30N2O4/c1-35-26-12-6-10-24(33-26)22-9-5-8-20-16-18-32(28(20)30(22)37-3)19-17-21-14-15-23(31(38-4)29(21)32)25-11-7-13-27(34-25)36-2/h6-8,10-15,22H,16-19H2,1-4H3/t22-,32?/m0/s1. The quantitative estimate of drug-likeness (QED) is 0.395. The Hall–Kier alpha value is -4.24. The van der Waals surface area contributed by atoms with Crippen molar-refractivity contribution in [3.63, 3.8) is 0 Å². The van der Waals surface area contributed by atoms with Gasteiger partial charge in [0.05, 0.1) is 39.8 Å². The van der Waals surface area contributed by atoms with Gasteiger partial charge >= 0.3 is 0 Å². The Balaban J connectivity index is 1.57. The highest BCUT2D eigenvalue weighted by Gasteiger charge is 2.51. The van der Waals surface area contributed by atoms with Crippen LogP contribution in [-0.4, -0.2) is 38.4 Å². The van der Waals surface area contributed by atoms with Crippen LogP contribution in [0.25, 0.3) is 11.3 Å². The summed E-state index contributed by atoms with van der Waals surface area (Å²) in [6.07, 6.45) is 5.92. The molecule has 0 amide bonds. The van der Waals surface area contributed by atoms with E-state index in [2.05, 4.69) is 30.0 Å². The topological polar surface area (TPSA) is 62.7 Å². The molecule has 1 saturated carbocycles. The first-order valence-electron chi connectivity index (χ1n) is 12.9. The first kappa shape index (κ1) is 24.1. The molecule has 2 atom stereocenters. The number of methoxy groups -OCH3 is 4. The van der Waals surface area contributed by atoms with Crippen molar-refractivity contribution in [2.75, 3.05) is 28.4 Å². The van der Waals surface area contributed by atoms with Gasteiger partial charge in [0.15, 0.2) is 0 Å². The van der Waals surface area contributed by atoms with Gasteiger partial charge < -0.3 is 18.9 Å². The number of ether oxygens (including phenoxy) is 4. The molecule has 6 rings (SSSR count). The van der Waals surface area contributed by atoms with Crippen molar-refractivity contribution in [2.24, 2.45) is 0 Å². The predicted octanol–water partition coefficient (Wildman–Crippen LogP) is 5.77. The second-order valence-electron chi connectivity index (χ2n) is 9.77. The third-order valence-electron chi connectivity index (χ3n) is 8.03. The van der Waals surface area contributed by atoms with Gasteiger partial charge in [0.25, 0.3) is 0 Å². The highest BCUT2D eigenvalue weighted by molar-refractivity contribution is 5.75. The minimum absolute atomic E-state index is 0.252. The zero-order valence-corrected chi connectivity index (χ0v) is 22.1. The summed E-state index contributed by atoms with van der Waals surface area (Å²) in [6, 6.07) is 15.9. The van der Waals surface area contributed by atoms with Gasteiger partial charge in [0.2, 0.25) is 11.8 Å². The van der Waals surface area contributed by atoms with Gasteiger partial charge in [-0.2, -0.15) is 0 Å². The summed E-state index contributed by atoms with van der Waals surface area (Å²) in [5.41, 5.74) is 7.32. The van der Waals surface area contributed by atoms with E-state index in [1.807, 2.05) is 36.4 Å². The van der Waals surface area contributed by atoms with Gasteiger partial charge in [-0.1, -0.05) is 30.0 Å². The highest BCUT2D eigenvalue weighted by Crippen LogP contribution is 2.61. The molecule has 1 aromatic carbocycles. The van der Waals surface area contributed by atoms with E-state index in [4.69, 9.17) is 28.9 Å².